The van der Waals surface area contributed by atoms with Gasteiger partial charge in [-0.2, -0.15) is 5.10 Å². The summed E-state index contributed by atoms with van der Waals surface area (Å²) in [6, 6.07) is 10.3. The predicted molar refractivity (Wildman–Crippen MR) is 83.1 cm³/mol. The van der Waals surface area contributed by atoms with Gasteiger partial charge in [-0.1, -0.05) is 18.2 Å². The molecular weight excluding hydrogens is 250 g/mol. The zero-order valence-electron chi connectivity index (χ0n) is 11.5. The van der Waals surface area contributed by atoms with Gasteiger partial charge in [0.1, 0.15) is 0 Å². The number of aryl methyl sites for hydroxylation is 2. The van der Waals surface area contributed by atoms with Crippen LogP contribution in [0.25, 0.3) is 5.69 Å². The fourth-order valence-electron chi connectivity index (χ4n) is 1.99. The maximum Gasteiger partial charge on any atom is 0.211 e. The van der Waals surface area contributed by atoms with E-state index in [4.69, 9.17) is 11.5 Å². The normalized spacial score (nSPS) is 10.8. The lowest BCUT2D eigenvalue weighted by Crippen LogP contribution is -2.21. The van der Waals surface area contributed by atoms with E-state index in [1.807, 2.05) is 18.2 Å². The van der Waals surface area contributed by atoms with Crippen LogP contribution in [0.2, 0.25) is 0 Å². The summed E-state index contributed by atoms with van der Waals surface area (Å²) in [5.41, 5.74) is 14.1. The van der Waals surface area contributed by atoms with Gasteiger partial charge >= 0.3 is 0 Å². The van der Waals surface area contributed by atoms with Crippen molar-refractivity contribution in [1.82, 2.24) is 4.57 Å². The van der Waals surface area contributed by atoms with Gasteiger partial charge in [-0.3, -0.25) is 0 Å². The number of para-hydroxylation sites is 1. The fraction of sp³-hybridized carbons (Fsp3) is 0.200. The maximum atomic E-state index is 5.19. The van der Waals surface area contributed by atoms with Crippen LogP contribution >= 0.6 is 0 Å². The van der Waals surface area contributed by atoms with E-state index in [1.54, 1.807) is 6.21 Å². The van der Waals surface area contributed by atoms with E-state index in [2.05, 4.69) is 46.2 Å². The molecule has 0 atom stereocenters. The molecule has 20 heavy (non-hydrogen) atoms. The van der Waals surface area contributed by atoms with Gasteiger partial charge in [-0.25, -0.2) is 0 Å². The van der Waals surface area contributed by atoms with E-state index in [0.29, 0.717) is 0 Å². The molecule has 0 saturated heterocycles. The standard InChI is InChI=1S/C15H19N5/c1-12-10-20(14-7-3-2-4-8-14)11-13(12)6-5-9-18-19-15(16)17/h2-4,7-11H,5-6H2,1H3,(H4,16,17,19). The molecule has 0 aliphatic rings. The van der Waals surface area contributed by atoms with Crippen LogP contribution in [-0.4, -0.2) is 16.7 Å². The summed E-state index contributed by atoms with van der Waals surface area (Å²) in [6.07, 6.45) is 7.72. The molecular formula is C15H19N5. The van der Waals surface area contributed by atoms with Crippen LogP contribution in [0.4, 0.5) is 0 Å². The second kappa shape index (κ2) is 6.56. The number of nitrogens with zero attached hydrogens (tertiary/aromatic N) is 3. The van der Waals surface area contributed by atoms with Crippen molar-refractivity contribution in [1.29, 1.82) is 0 Å². The summed E-state index contributed by atoms with van der Waals surface area (Å²) >= 11 is 0. The van der Waals surface area contributed by atoms with Crippen molar-refractivity contribution >= 4 is 12.2 Å². The van der Waals surface area contributed by atoms with Crippen LogP contribution in [0.15, 0.2) is 52.9 Å². The topological polar surface area (TPSA) is 81.7 Å². The Balaban J connectivity index is 2.02. The van der Waals surface area contributed by atoms with Crippen LogP contribution in [0.5, 0.6) is 0 Å². The third-order valence-corrected chi connectivity index (χ3v) is 2.99. The molecule has 0 spiro atoms. The van der Waals surface area contributed by atoms with Crippen molar-refractivity contribution in [2.75, 3.05) is 0 Å². The molecule has 0 amide bonds. The second-order valence-corrected chi connectivity index (χ2v) is 4.57. The average molecular weight is 269 g/mol. The van der Waals surface area contributed by atoms with E-state index in [-0.39, 0.29) is 5.96 Å². The highest BCUT2D eigenvalue weighted by Crippen LogP contribution is 2.16. The Morgan fingerprint density at radius 2 is 1.95 bits per heavy atom. The molecule has 5 nitrogen and oxygen atoms in total. The number of hydrogen-bond acceptors (Lipinski definition) is 2. The summed E-state index contributed by atoms with van der Waals surface area (Å²) in [5.74, 6) is -0.0207. The molecule has 0 saturated carbocycles. The smallest absolute Gasteiger partial charge is 0.211 e. The lowest BCUT2D eigenvalue weighted by Gasteiger charge is -2.00. The highest BCUT2D eigenvalue weighted by Gasteiger charge is 2.03. The van der Waals surface area contributed by atoms with E-state index >= 15 is 0 Å². The molecule has 0 aliphatic heterocycles. The van der Waals surface area contributed by atoms with Crippen molar-refractivity contribution in [2.45, 2.75) is 19.8 Å². The number of rotatable bonds is 5. The van der Waals surface area contributed by atoms with Crippen molar-refractivity contribution in [3.05, 3.63) is 53.9 Å². The third-order valence-electron chi connectivity index (χ3n) is 2.99. The highest BCUT2D eigenvalue weighted by molar-refractivity contribution is 5.76. The number of benzene rings is 1. The summed E-state index contributed by atoms with van der Waals surface area (Å²) in [4.78, 5) is 0. The van der Waals surface area contributed by atoms with Crippen LogP contribution in [0, 0.1) is 6.92 Å². The van der Waals surface area contributed by atoms with Crippen LogP contribution < -0.4 is 11.5 Å². The molecule has 2 aromatic rings. The van der Waals surface area contributed by atoms with Crippen LogP contribution in [0.1, 0.15) is 17.5 Å². The monoisotopic (exact) mass is 269 g/mol. The highest BCUT2D eigenvalue weighted by atomic mass is 15.3. The SMILES string of the molecule is Cc1cn(-c2ccccc2)cc1CCC=NN=C(N)N. The largest absolute Gasteiger partial charge is 0.369 e. The van der Waals surface area contributed by atoms with Crippen molar-refractivity contribution in [2.24, 2.45) is 21.7 Å². The third kappa shape index (κ3) is 3.71. The van der Waals surface area contributed by atoms with Gasteiger partial charge in [-0.05, 0) is 43.0 Å². The number of aromatic nitrogens is 1. The Morgan fingerprint density at radius 1 is 1.20 bits per heavy atom. The van der Waals surface area contributed by atoms with Crippen LogP contribution in [-0.2, 0) is 6.42 Å². The van der Waals surface area contributed by atoms with Crippen LogP contribution in [0.3, 0.4) is 0 Å². The van der Waals surface area contributed by atoms with Crippen molar-refractivity contribution in [3.8, 4) is 5.69 Å². The van der Waals surface area contributed by atoms with Crippen molar-refractivity contribution < 1.29 is 0 Å². The minimum atomic E-state index is -0.0207. The Labute approximate surface area is 118 Å². The molecule has 0 fully saturated rings. The Morgan fingerprint density at radius 3 is 2.65 bits per heavy atom. The molecule has 104 valence electrons. The second-order valence-electron chi connectivity index (χ2n) is 4.57. The Bertz CT molecular complexity index is 606. The Hall–Kier alpha value is -2.56. The molecule has 2 rings (SSSR count). The van der Waals surface area contributed by atoms with Gasteiger partial charge in [0.25, 0.3) is 0 Å². The predicted octanol–water partition coefficient (Wildman–Crippen LogP) is 1.98. The maximum absolute atomic E-state index is 5.19. The molecule has 0 bridgehead atoms. The van der Waals surface area contributed by atoms with E-state index < -0.39 is 0 Å². The number of hydrogen-bond donors (Lipinski definition) is 2. The van der Waals surface area contributed by atoms with E-state index in [0.717, 1.165) is 18.5 Å². The van der Waals surface area contributed by atoms with Gasteiger partial charge < -0.3 is 16.0 Å². The zero-order valence-corrected chi connectivity index (χ0v) is 11.5. The number of nitrogens with two attached hydrogens (primary N) is 2. The van der Waals surface area contributed by atoms with Crippen molar-refractivity contribution in [3.63, 3.8) is 0 Å². The average Bonchev–Trinajstić information content (AvgIpc) is 2.81. The molecule has 5 heteroatoms. The minimum Gasteiger partial charge on any atom is -0.369 e. The molecule has 1 aromatic carbocycles. The lowest BCUT2D eigenvalue weighted by molar-refractivity contribution is 1.01. The van der Waals surface area contributed by atoms with E-state index in [1.165, 1.54) is 11.1 Å². The van der Waals surface area contributed by atoms with Gasteiger partial charge in [-0.15, -0.1) is 5.10 Å². The molecule has 4 N–H and O–H groups in total. The molecule has 1 aromatic heterocycles. The van der Waals surface area contributed by atoms with Gasteiger partial charge in [0.2, 0.25) is 5.96 Å². The lowest BCUT2D eigenvalue weighted by atomic mass is 10.1. The summed E-state index contributed by atoms with van der Waals surface area (Å²) in [5, 5.41) is 7.35. The molecule has 0 unspecified atom stereocenters. The van der Waals surface area contributed by atoms with E-state index in [9.17, 15) is 0 Å². The number of guanidine groups is 1. The van der Waals surface area contributed by atoms with Gasteiger partial charge in [0.05, 0.1) is 0 Å². The van der Waals surface area contributed by atoms with Gasteiger partial charge in [0, 0.05) is 24.3 Å². The molecule has 1 heterocycles. The first-order chi connectivity index (χ1) is 9.66. The summed E-state index contributed by atoms with van der Waals surface area (Å²) in [6.45, 7) is 2.11. The first-order valence-corrected chi connectivity index (χ1v) is 6.50. The fourth-order valence-corrected chi connectivity index (χ4v) is 1.99. The minimum absolute atomic E-state index is 0.0207. The zero-order chi connectivity index (χ0) is 14.4. The summed E-state index contributed by atoms with van der Waals surface area (Å²) in [7, 11) is 0. The van der Waals surface area contributed by atoms with Gasteiger partial charge in [0.15, 0.2) is 0 Å². The Kier molecular flexibility index (Phi) is 4.55. The summed E-state index contributed by atoms with van der Waals surface area (Å²) < 4.78 is 2.14. The first kappa shape index (κ1) is 13.9. The first-order valence-electron chi connectivity index (χ1n) is 6.50. The molecule has 0 radical (unpaired) electrons. The molecule has 0 aliphatic carbocycles. The quantitative estimate of drug-likeness (QED) is 0.494.